The lowest BCUT2D eigenvalue weighted by atomic mass is 9.77. The number of ether oxygens (including phenoxy) is 1. The maximum atomic E-state index is 11.7. The molecule has 3 atom stereocenters. The van der Waals surface area contributed by atoms with Crippen molar-refractivity contribution in [3.63, 3.8) is 0 Å². The summed E-state index contributed by atoms with van der Waals surface area (Å²) >= 11 is 0. The zero-order chi connectivity index (χ0) is 24.5. The van der Waals surface area contributed by atoms with Crippen LogP contribution < -0.4 is 4.74 Å². The molecular weight excluding hydrogens is 436 g/mol. The van der Waals surface area contributed by atoms with E-state index in [1.54, 1.807) is 0 Å². The number of carboxylic acids is 1. The van der Waals surface area contributed by atoms with Crippen molar-refractivity contribution in [2.75, 3.05) is 0 Å². The molecule has 3 fully saturated rings. The van der Waals surface area contributed by atoms with Gasteiger partial charge in [0.15, 0.2) is 0 Å². The molecule has 0 amide bonds. The van der Waals surface area contributed by atoms with Gasteiger partial charge in [0.1, 0.15) is 17.4 Å². The molecule has 2 aromatic rings. The fourth-order valence-corrected chi connectivity index (χ4v) is 7.05. The van der Waals surface area contributed by atoms with Crippen molar-refractivity contribution in [3.8, 4) is 11.8 Å². The summed E-state index contributed by atoms with van der Waals surface area (Å²) in [7, 11) is 0. The lowest BCUT2D eigenvalue weighted by molar-refractivity contribution is -0.147. The zero-order valence-electron chi connectivity index (χ0n) is 21.1. The van der Waals surface area contributed by atoms with Crippen LogP contribution in [0.15, 0.2) is 30.3 Å². The van der Waals surface area contributed by atoms with Gasteiger partial charge in [-0.2, -0.15) is 5.26 Å². The van der Waals surface area contributed by atoms with Crippen LogP contribution in [0.25, 0.3) is 10.8 Å². The Morgan fingerprint density at radius 1 is 1.11 bits per heavy atom. The summed E-state index contributed by atoms with van der Waals surface area (Å²) < 4.78 is 6.40. The van der Waals surface area contributed by atoms with Gasteiger partial charge < -0.3 is 9.84 Å². The summed E-state index contributed by atoms with van der Waals surface area (Å²) in [5.74, 6) is 0.659. The monoisotopic (exact) mass is 474 g/mol. The van der Waals surface area contributed by atoms with Crippen molar-refractivity contribution in [3.05, 3.63) is 41.5 Å². The Balaban J connectivity index is 1.40. The third-order valence-corrected chi connectivity index (χ3v) is 9.09. The summed E-state index contributed by atoms with van der Waals surface area (Å²) in [6, 6.07) is 13.8. The van der Waals surface area contributed by atoms with Crippen molar-refractivity contribution in [1.82, 2.24) is 4.90 Å². The minimum atomic E-state index is -0.644. The Labute approximate surface area is 209 Å². The molecule has 2 aromatic carbocycles. The number of piperidine rings is 2. The zero-order valence-corrected chi connectivity index (χ0v) is 21.1. The van der Waals surface area contributed by atoms with E-state index in [1.807, 2.05) is 6.07 Å². The number of benzene rings is 2. The van der Waals surface area contributed by atoms with Crippen LogP contribution in [-0.2, 0) is 4.79 Å². The van der Waals surface area contributed by atoms with Crippen molar-refractivity contribution >= 4 is 16.7 Å². The highest BCUT2D eigenvalue weighted by molar-refractivity contribution is 5.90. The number of aliphatic carboxylic acids is 1. The van der Waals surface area contributed by atoms with Gasteiger partial charge in [-0.05, 0) is 87.3 Å². The highest BCUT2D eigenvalue weighted by atomic mass is 16.5. The van der Waals surface area contributed by atoms with Crippen LogP contribution in [-0.4, -0.2) is 34.2 Å². The van der Waals surface area contributed by atoms with E-state index in [0.717, 1.165) is 55.2 Å². The van der Waals surface area contributed by atoms with Gasteiger partial charge in [0.2, 0.25) is 0 Å². The van der Waals surface area contributed by atoms with Crippen LogP contribution in [0.5, 0.6) is 5.75 Å². The molecule has 2 aliphatic heterocycles. The maximum Gasteiger partial charge on any atom is 0.306 e. The molecule has 5 rings (SSSR count). The second-order valence-corrected chi connectivity index (χ2v) is 11.1. The van der Waals surface area contributed by atoms with Gasteiger partial charge in [-0.25, -0.2) is 0 Å². The predicted octanol–water partition coefficient (Wildman–Crippen LogP) is 6.84. The Morgan fingerprint density at radius 2 is 1.80 bits per heavy atom. The number of nitriles is 1. The number of fused-ring (bicyclic) bond motifs is 3. The fraction of sp³-hybridized carbons (Fsp3) is 0.600. The molecule has 2 heterocycles. The largest absolute Gasteiger partial charge is 0.489 e. The highest BCUT2D eigenvalue weighted by Gasteiger charge is 2.42. The molecule has 186 valence electrons. The summed E-state index contributed by atoms with van der Waals surface area (Å²) in [6.45, 7) is 4.51. The molecule has 5 nitrogen and oxygen atoms in total. The lowest BCUT2D eigenvalue weighted by Gasteiger charge is -2.51. The first-order chi connectivity index (χ1) is 17.0. The van der Waals surface area contributed by atoms with Gasteiger partial charge in [-0.3, -0.25) is 9.69 Å². The molecule has 2 bridgehead atoms. The molecule has 3 unspecified atom stereocenters. The van der Waals surface area contributed by atoms with Crippen molar-refractivity contribution < 1.29 is 14.6 Å². The van der Waals surface area contributed by atoms with E-state index < -0.39 is 5.97 Å². The van der Waals surface area contributed by atoms with E-state index in [9.17, 15) is 15.2 Å². The van der Waals surface area contributed by atoms with Gasteiger partial charge in [0.05, 0.1) is 12.0 Å². The van der Waals surface area contributed by atoms with Gasteiger partial charge in [-0.1, -0.05) is 38.0 Å². The van der Waals surface area contributed by atoms with Crippen LogP contribution in [0.2, 0.25) is 0 Å². The number of hydrogen-bond donors (Lipinski definition) is 1. The quantitative estimate of drug-likeness (QED) is 0.496. The lowest BCUT2D eigenvalue weighted by Crippen LogP contribution is -2.53. The Bertz CT molecular complexity index is 1100. The van der Waals surface area contributed by atoms with E-state index >= 15 is 0 Å². The van der Waals surface area contributed by atoms with Crippen molar-refractivity contribution in [2.45, 2.75) is 102 Å². The topological polar surface area (TPSA) is 73.6 Å². The van der Waals surface area contributed by atoms with Crippen LogP contribution in [0.4, 0.5) is 0 Å². The van der Waals surface area contributed by atoms with Crippen LogP contribution in [0, 0.1) is 23.2 Å². The molecule has 2 saturated heterocycles. The molecule has 5 heteroatoms. The molecule has 3 aliphatic rings. The average molecular weight is 475 g/mol. The summed E-state index contributed by atoms with van der Waals surface area (Å²) in [5, 5.41) is 21.8. The summed E-state index contributed by atoms with van der Waals surface area (Å²) in [4.78, 5) is 14.3. The van der Waals surface area contributed by atoms with Gasteiger partial charge in [-0.15, -0.1) is 0 Å². The first-order valence-electron chi connectivity index (χ1n) is 13.6. The molecule has 1 N–H and O–H groups in total. The number of nitrogens with zero attached hydrogens (tertiary/aromatic N) is 2. The molecule has 1 saturated carbocycles. The average Bonchev–Trinajstić information content (AvgIpc) is 2.87. The fourth-order valence-electron chi connectivity index (χ4n) is 7.05. The third kappa shape index (κ3) is 4.78. The molecule has 35 heavy (non-hydrogen) atoms. The van der Waals surface area contributed by atoms with E-state index in [1.165, 1.54) is 31.2 Å². The third-order valence-electron chi connectivity index (χ3n) is 9.09. The molecule has 1 aliphatic carbocycles. The molecule has 0 aromatic heterocycles. The Hall–Kier alpha value is -2.58. The number of carboxylic acid groups (broad SMARTS) is 1. The number of carbonyl (C=O) groups is 1. The van der Waals surface area contributed by atoms with Gasteiger partial charge in [0.25, 0.3) is 0 Å². The van der Waals surface area contributed by atoms with Crippen molar-refractivity contribution in [1.29, 1.82) is 5.26 Å². The predicted molar refractivity (Wildman–Crippen MR) is 137 cm³/mol. The minimum absolute atomic E-state index is 0.185. The van der Waals surface area contributed by atoms with Crippen LogP contribution in [0.1, 0.15) is 95.2 Å². The molecule has 0 radical (unpaired) electrons. The first-order valence-corrected chi connectivity index (χ1v) is 13.6. The van der Waals surface area contributed by atoms with Crippen LogP contribution in [0.3, 0.4) is 0 Å². The van der Waals surface area contributed by atoms with E-state index in [4.69, 9.17) is 4.74 Å². The maximum absolute atomic E-state index is 11.7. The van der Waals surface area contributed by atoms with E-state index in [0.29, 0.717) is 23.4 Å². The smallest absolute Gasteiger partial charge is 0.306 e. The Morgan fingerprint density at radius 3 is 2.43 bits per heavy atom. The second kappa shape index (κ2) is 10.2. The van der Waals surface area contributed by atoms with Crippen LogP contribution >= 0.6 is 0 Å². The summed E-state index contributed by atoms with van der Waals surface area (Å²) in [6.07, 6.45) is 10.8. The first kappa shape index (κ1) is 24.1. The molecule has 0 spiro atoms. The molecular formula is C30H38N2O3. The van der Waals surface area contributed by atoms with Gasteiger partial charge >= 0.3 is 5.97 Å². The van der Waals surface area contributed by atoms with E-state index in [-0.39, 0.29) is 18.1 Å². The number of hydrogen-bond acceptors (Lipinski definition) is 4. The standard InChI is InChI=1S/C30H38N2O3/c1-3-20-7-12-26(13-8-20)35-29-14-11-21-9-10-22(17-27(21)28(29)18-31)19(2)32-24-5-4-6-25(32)16-23(15-24)30(33)34/h9-11,14,17,19-20,23-26H,3-8,12-13,15-16H2,1-2H3,(H,33,34). The minimum Gasteiger partial charge on any atom is -0.489 e. The second-order valence-electron chi connectivity index (χ2n) is 11.1. The highest BCUT2D eigenvalue weighted by Crippen LogP contribution is 2.43. The summed E-state index contributed by atoms with van der Waals surface area (Å²) in [5.41, 5.74) is 1.83. The number of rotatable bonds is 6. The van der Waals surface area contributed by atoms with Gasteiger partial charge in [0, 0.05) is 23.5 Å². The van der Waals surface area contributed by atoms with E-state index in [2.05, 4.69) is 49.1 Å². The van der Waals surface area contributed by atoms with Crippen molar-refractivity contribution in [2.24, 2.45) is 11.8 Å². The SMILES string of the molecule is CCC1CCC(Oc2ccc3ccc(C(C)N4C5CCCC4CC(C(=O)O)C5)cc3c2C#N)CC1. The normalized spacial score (nSPS) is 29.9. The Kier molecular flexibility index (Phi) is 7.02.